The average Bonchev–Trinajstić information content (AvgIpc) is 3.13. The number of nitrogens with zero attached hydrogens (tertiary/aromatic N) is 2. The molecule has 4 rings (SSSR count). The Hall–Kier alpha value is -3.06. The molecule has 1 saturated heterocycles. The van der Waals surface area contributed by atoms with E-state index in [-0.39, 0.29) is 0 Å². The van der Waals surface area contributed by atoms with Crippen molar-refractivity contribution < 1.29 is 14.6 Å². The molecular weight excluding hydrogens is 356 g/mol. The van der Waals surface area contributed by atoms with Crippen molar-refractivity contribution in [2.24, 2.45) is 5.73 Å². The molecule has 7 heteroatoms. The number of phenols is 1. The fourth-order valence-corrected chi connectivity index (χ4v) is 3.79. The largest absolute Gasteiger partial charge is 0.508 e. The second kappa shape index (κ2) is 7.90. The number of phenolic OH excluding ortho intramolecular Hbond substituents is 1. The first kappa shape index (κ1) is 18.3. The lowest BCUT2D eigenvalue weighted by Gasteiger charge is -2.31. The second-order valence-electron chi connectivity index (χ2n) is 7.23. The molecule has 146 valence electrons. The minimum Gasteiger partial charge on any atom is -0.508 e. The van der Waals surface area contributed by atoms with Crippen molar-refractivity contribution in [1.29, 1.82) is 0 Å². The van der Waals surface area contributed by atoms with E-state index in [1.54, 1.807) is 18.2 Å². The Morgan fingerprint density at radius 2 is 1.96 bits per heavy atom. The predicted molar refractivity (Wildman–Crippen MR) is 107 cm³/mol. The van der Waals surface area contributed by atoms with E-state index in [0.29, 0.717) is 22.9 Å². The summed E-state index contributed by atoms with van der Waals surface area (Å²) < 4.78 is 5.06. The zero-order valence-corrected chi connectivity index (χ0v) is 15.6. The molecule has 0 spiro atoms. The number of para-hydroxylation sites is 1. The third-order valence-electron chi connectivity index (χ3n) is 5.33. The first-order chi connectivity index (χ1) is 13.6. The van der Waals surface area contributed by atoms with E-state index in [1.807, 2.05) is 24.3 Å². The van der Waals surface area contributed by atoms with Crippen LogP contribution in [0.3, 0.4) is 0 Å². The number of carbonyl (C=O) groups is 1. The number of aromatic amines is 1. The summed E-state index contributed by atoms with van der Waals surface area (Å²) in [5, 5.41) is 9.37. The maximum absolute atomic E-state index is 11.1. The lowest BCUT2D eigenvalue weighted by molar-refractivity contribution is 0.211. The molecule has 0 unspecified atom stereocenters. The summed E-state index contributed by atoms with van der Waals surface area (Å²) in [7, 11) is 0. The summed E-state index contributed by atoms with van der Waals surface area (Å²) in [6.07, 6.45) is 2.20. The summed E-state index contributed by atoms with van der Waals surface area (Å²) in [6, 6.07) is 12.9. The number of aromatic hydroxyl groups is 1. The third-order valence-corrected chi connectivity index (χ3v) is 5.33. The lowest BCUT2D eigenvalue weighted by Crippen LogP contribution is -2.34. The van der Waals surface area contributed by atoms with Crippen molar-refractivity contribution in [2.45, 2.75) is 25.2 Å². The van der Waals surface area contributed by atoms with Gasteiger partial charge in [-0.3, -0.25) is 0 Å². The Kier molecular flexibility index (Phi) is 5.16. The summed E-state index contributed by atoms with van der Waals surface area (Å²) >= 11 is 0. The van der Waals surface area contributed by atoms with Crippen LogP contribution in [0.25, 0.3) is 11.0 Å². The SMILES string of the molecule is NC(=O)Oc1cccc2[nH]c(C3CCN(CCc4ccc(O)cc4)CC3)nc12. The van der Waals surface area contributed by atoms with Crippen LogP contribution in [-0.4, -0.2) is 45.7 Å². The van der Waals surface area contributed by atoms with E-state index in [1.165, 1.54) is 5.56 Å². The van der Waals surface area contributed by atoms with Crippen LogP contribution < -0.4 is 10.5 Å². The van der Waals surface area contributed by atoms with Gasteiger partial charge in [-0.2, -0.15) is 0 Å². The molecule has 1 amide bonds. The zero-order chi connectivity index (χ0) is 19.5. The number of ether oxygens (including phenoxy) is 1. The number of amides is 1. The maximum atomic E-state index is 11.1. The number of primary amides is 1. The number of fused-ring (bicyclic) bond motifs is 1. The van der Waals surface area contributed by atoms with Crippen LogP contribution >= 0.6 is 0 Å². The van der Waals surface area contributed by atoms with Crippen LogP contribution in [0.2, 0.25) is 0 Å². The van der Waals surface area contributed by atoms with Gasteiger partial charge in [0.05, 0.1) is 5.52 Å². The number of hydrogen-bond donors (Lipinski definition) is 3. The minimum atomic E-state index is -0.834. The number of nitrogens with one attached hydrogen (secondary N) is 1. The second-order valence-corrected chi connectivity index (χ2v) is 7.23. The number of H-pyrrole nitrogens is 1. The maximum Gasteiger partial charge on any atom is 0.410 e. The van der Waals surface area contributed by atoms with Crippen LogP contribution in [0.5, 0.6) is 11.5 Å². The number of hydrogen-bond acceptors (Lipinski definition) is 5. The molecule has 4 N–H and O–H groups in total. The number of imidazole rings is 1. The van der Waals surface area contributed by atoms with Gasteiger partial charge in [-0.25, -0.2) is 9.78 Å². The quantitative estimate of drug-likeness (QED) is 0.631. The highest BCUT2D eigenvalue weighted by Gasteiger charge is 2.23. The van der Waals surface area contributed by atoms with Gasteiger partial charge < -0.3 is 25.5 Å². The molecule has 0 radical (unpaired) electrons. The van der Waals surface area contributed by atoms with Gasteiger partial charge in [0, 0.05) is 12.5 Å². The highest BCUT2D eigenvalue weighted by Crippen LogP contribution is 2.30. The van der Waals surface area contributed by atoms with Crippen molar-refractivity contribution in [2.75, 3.05) is 19.6 Å². The number of piperidine rings is 1. The molecule has 0 aliphatic carbocycles. The van der Waals surface area contributed by atoms with Crippen molar-refractivity contribution in [3.8, 4) is 11.5 Å². The smallest absolute Gasteiger partial charge is 0.410 e. The average molecular weight is 380 g/mol. The topological polar surface area (TPSA) is 104 Å². The number of aromatic nitrogens is 2. The summed E-state index contributed by atoms with van der Waals surface area (Å²) in [5.74, 6) is 1.99. The van der Waals surface area contributed by atoms with Crippen molar-refractivity contribution in [1.82, 2.24) is 14.9 Å². The highest BCUT2D eigenvalue weighted by atomic mass is 16.5. The van der Waals surface area contributed by atoms with Crippen LogP contribution in [0.1, 0.15) is 30.1 Å². The van der Waals surface area contributed by atoms with E-state index in [0.717, 1.165) is 50.2 Å². The van der Waals surface area contributed by atoms with Gasteiger partial charge in [0.2, 0.25) is 0 Å². The molecular formula is C21H24N4O3. The Morgan fingerprint density at radius 3 is 2.68 bits per heavy atom. The van der Waals surface area contributed by atoms with Gasteiger partial charge in [-0.15, -0.1) is 0 Å². The Labute approximate surface area is 163 Å². The van der Waals surface area contributed by atoms with Crippen molar-refractivity contribution in [3.63, 3.8) is 0 Å². The normalized spacial score (nSPS) is 15.7. The molecule has 1 fully saturated rings. The monoisotopic (exact) mass is 380 g/mol. The highest BCUT2D eigenvalue weighted by molar-refractivity contribution is 5.84. The molecule has 0 bridgehead atoms. The van der Waals surface area contributed by atoms with Gasteiger partial charge in [-0.1, -0.05) is 18.2 Å². The number of likely N-dealkylation sites (tertiary alicyclic amines) is 1. The fourth-order valence-electron chi connectivity index (χ4n) is 3.79. The number of carbonyl (C=O) groups excluding carboxylic acids is 1. The predicted octanol–water partition coefficient (Wildman–Crippen LogP) is 3.15. The van der Waals surface area contributed by atoms with Crippen molar-refractivity contribution >= 4 is 17.1 Å². The van der Waals surface area contributed by atoms with Crippen LogP contribution in [0.4, 0.5) is 4.79 Å². The van der Waals surface area contributed by atoms with Gasteiger partial charge in [-0.05, 0) is 62.2 Å². The minimum absolute atomic E-state index is 0.305. The summed E-state index contributed by atoms with van der Waals surface area (Å²) in [5.41, 5.74) is 7.87. The summed E-state index contributed by atoms with van der Waals surface area (Å²) in [4.78, 5) is 21.6. The Bertz CT molecular complexity index is 959. The van der Waals surface area contributed by atoms with Crippen LogP contribution in [-0.2, 0) is 6.42 Å². The van der Waals surface area contributed by atoms with Gasteiger partial charge in [0.15, 0.2) is 5.75 Å². The Balaban J connectivity index is 1.37. The fraction of sp³-hybridized carbons (Fsp3) is 0.333. The molecule has 1 aliphatic rings. The molecule has 28 heavy (non-hydrogen) atoms. The molecule has 2 heterocycles. The van der Waals surface area contributed by atoms with Crippen molar-refractivity contribution in [3.05, 3.63) is 53.9 Å². The number of nitrogens with two attached hydrogens (primary N) is 1. The number of benzene rings is 2. The van der Waals surface area contributed by atoms with Gasteiger partial charge in [0.25, 0.3) is 0 Å². The lowest BCUT2D eigenvalue weighted by atomic mass is 9.96. The van der Waals surface area contributed by atoms with Crippen LogP contribution in [0.15, 0.2) is 42.5 Å². The molecule has 2 aromatic carbocycles. The van der Waals surface area contributed by atoms with E-state index < -0.39 is 6.09 Å². The van der Waals surface area contributed by atoms with Gasteiger partial charge >= 0.3 is 6.09 Å². The molecule has 0 saturated carbocycles. The van der Waals surface area contributed by atoms with E-state index >= 15 is 0 Å². The molecule has 7 nitrogen and oxygen atoms in total. The standard InChI is InChI=1S/C21H24N4O3/c22-21(27)28-18-3-1-2-17-19(18)24-20(23-17)15-9-12-25(13-10-15)11-8-14-4-6-16(26)7-5-14/h1-7,15,26H,8-13H2,(H2,22,27)(H,23,24). The molecule has 1 aliphatic heterocycles. The first-order valence-corrected chi connectivity index (χ1v) is 9.54. The van der Waals surface area contributed by atoms with E-state index in [9.17, 15) is 9.90 Å². The molecule has 3 aromatic rings. The number of rotatable bonds is 5. The molecule has 1 aromatic heterocycles. The summed E-state index contributed by atoms with van der Waals surface area (Å²) in [6.45, 7) is 3.04. The first-order valence-electron chi connectivity index (χ1n) is 9.54. The molecule has 0 atom stereocenters. The zero-order valence-electron chi connectivity index (χ0n) is 15.6. The van der Waals surface area contributed by atoms with Crippen LogP contribution in [0, 0.1) is 0 Å². The van der Waals surface area contributed by atoms with E-state index in [2.05, 4.69) is 14.9 Å². The van der Waals surface area contributed by atoms with E-state index in [4.69, 9.17) is 10.5 Å². The van der Waals surface area contributed by atoms with Gasteiger partial charge in [0.1, 0.15) is 17.1 Å². The Morgan fingerprint density at radius 1 is 1.21 bits per heavy atom. The third kappa shape index (κ3) is 4.09.